The van der Waals surface area contributed by atoms with Crippen molar-refractivity contribution < 1.29 is 9.53 Å². The number of methoxy groups -OCH3 is 1. The van der Waals surface area contributed by atoms with Crippen molar-refractivity contribution in [1.82, 2.24) is 14.9 Å². The fraction of sp³-hybridized carbons (Fsp3) is 0.308. The number of aryl methyl sites for hydroxylation is 1. The van der Waals surface area contributed by atoms with Gasteiger partial charge in [-0.15, -0.1) is 5.10 Å². The Balaban J connectivity index is 2.09. The molecule has 0 aliphatic heterocycles. The van der Waals surface area contributed by atoms with Crippen LogP contribution in [0.2, 0.25) is 0 Å². The van der Waals surface area contributed by atoms with Gasteiger partial charge in [-0.1, -0.05) is 27.3 Å². The lowest BCUT2D eigenvalue weighted by Crippen LogP contribution is -2.23. The first-order chi connectivity index (χ1) is 9.65. The van der Waals surface area contributed by atoms with Crippen molar-refractivity contribution in [3.8, 4) is 5.75 Å². The van der Waals surface area contributed by atoms with Crippen molar-refractivity contribution in [1.29, 1.82) is 0 Å². The van der Waals surface area contributed by atoms with Crippen LogP contribution in [0.3, 0.4) is 0 Å². The SMILES string of the molecule is CCc1nnsc1C(=O)NCc1cc(Br)ccc1OC. The Hall–Kier alpha value is -1.47. The predicted octanol–water partition coefficient (Wildman–Crippen LogP) is 2.80. The number of ether oxygens (including phenoxy) is 1. The molecule has 106 valence electrons. The average molecular weight is 356 g/mol. The summed E-state index contributed by atoms with van der Waals surface area (Å²) in [6.07, 6.45) is 0.694. The van der Waals surface area contributed by atoms with E-state index in [1.807, 2.05) is 25.1 Å². The summed E-state index contributed by atoms with van der Waals surface area (Å²) in [7, 11) is 1.61. The third kappa shape index (κ3) is 3.34. The van der Waals surface area contributed by atoms with E-state index in [1.165, 1.54) is 0 Å². The minimum Gasteiger partial charge on any atom is -0.496 e. The second-order valence-corrected chi connectivity index (χ2v) is 5.71. The summed E-state index contributed by atoms with van der Waals surface area (Å²) in [5, 5.41) is 6.80. The Kier molecular flexibility index (Phi) is 5.08. The molecule has 0 fully saturated rings. The molecule has 0 atom stereocenters. The second-order valence-electron chi connectivity index (χ2n) is 4.04. The number of carbonyl (C=O) groups excluding carboxylic acids is 1. The van der Waals surface area contributed by atoms with Gasteiger partial charge in [-0.2, -0.15) is 0 Å². The van der Waals surface area contributed by atoms with E-state index in [1.54, 1.807) is 7.11 Å². The maximum atomic E-state index is 12.1. The third-order valence-electron chi connectivity index (χ3n) is 2.78. The highest BCUT2D eigenvalue weighted by Crippen LogP contribution is 2.23. The zero-order valence-electron chi connectivity index (χ0n) is 11.1. The maximum absolute atomic E-state index is 12.1. The number of rotatable bonds is 5. The van der Waals surface area contributed by atoms with Gasteiger partial charge < -0.3 is 10.1 Å². The van der Waals surface area contributed by atoms with Crippen molar-refractivity contribution in [2.45, 2.75) is 19.9 Å². The van der Waals surface area contributed by atoms with Gasteiger partial charge in [-0.05, 0) is 36.2 Å². The number of amides is 1. The summed E-state index contributed by atoms with van der Waals surface area (Å²) in [5.41, 5.74) is 1.64. The molecular formula is C13H14BrN3O2S. The lowest BCUT2D eigenvalue weighted by atomic mass is 10.2. The van der Waals surface area contributed by atoms with E-state index in [9.17, 15) is 4.79 Å². The van der Waals surface area contributed by atoms with Gasteiger partial charge in [0.05, 0.1) is 12.8 Å². The van der Waals surface area contributed by atoms with Gasteiger partial charge in [-0.3, -0.25) is 4.79 Å². The van der Waals surface area contributed by atoms with Gasteiger partial charge in [0.25, 0.3) is 5.91 Å². The molecule has 0 saturated carbocycles. The average Bonchev–Trinajstić information content (AvgIpc) is 2.93. The highest BCUT2D eigenvalue weighted by Gasteiger charge is 2.15. The minimum absolute atomic E-state index is 0.154. The van der Waals surface area contributed by atoms with Crippen LogP contribution in [0.15, 0.2) is 22.7 Å². The number of halogens is 1. The highest BCUT2D eigenvalue weighted by atomic mass is 79.9. The molecule has 5 nitrogen and oxygen atoms in total. The molecule has 0 unspecified atom stereocenters. The molecule has 0 radical (unpaired) electrons. The molecule has 0 saturated heterocycles. The lowest BCUT2D eigenvalue weighted by molar-refractivity contribution is 0.0953. The third-order valence-corrected chi connectivity index (χ3v) is 4.04. The smallest absolute Gasteiger partial charge is 0.265 e. The van der Waals surface area contributed by atoms with Crippen LogP contribution in [-0.2, 0) is 13.0 Å². The summed E-state index contributed by atoms with van der Waals surface area (Å²) in [4.78, 5) is 12.7. The fourth-order valence-electron chi connectivity index (χ4n) is 1.75. The van der Waals surface area contributed by atoms with E-state index >= 15 is 0 Å². The quantitative estimate of drug-likeness (QED) is 0.895. The van der Waals surface area contributed by atoms with Gasteiger partial charge in [-0.25, -0.2) is 0 Å². The van der Waals surface area contributed by atoms with Crippen LogP contribution in [0.5, 0.6) is 5.75 Å². The molecule has 1 amide bonds. The molecule has 1 N–H and O–H groups in total. The van der Waals surface area contributed by atoms with Crippen molar-refractivity contribution in [2.75, 3.05) is 7.11 Å². The number of hydrogen-bond donors (Lipinski definition) is 1. The van der Waals surface area contributed by atoms with E-state index < -0.39 is 0 Å². The van der Waals surface area contributed by atoms with Crippen LogP contribution in [-0.4, -0.2) is 22.6 Å². The van der Waals surface area contributed by atoms with Crippen molar-refractivity contribution >= 4 is 33.4 Å². The van der Waals surface area contributed by atoms with Crippen LogP contribution < -0.4 is 10.1 Å². The molecule has 1 aromatic heterocycles. The molecule has 2 rings (SSSR count). The van der Waals surface area contributed by atoms with Gasteiger partial charge in [0.2, 0.25) is 0 Å². The summed E-state index contributed by atoms with van der Waals surface area (Å²) in [6, 6.07) is 5.68. The Morgan fingerprint density at radius 3 is 3.00 bits per heavy atom. The van der Waals surface area contributed by atoms with Crippen molar-refractivity contribution in [3.05, 3.63) is 38.8 Å². The number of hydrogen-bond acceptors (Lipinski definition) is 5. The number of benzene rings is 1. The topological polar surface area (TPSA) is 64.1 Å². The Morgan fingerprint density at radius 1 is 1.50 bits per heavy atom. The Morgan fingerprint density at radius 2 is 2.30 bits per heavy atom. The molecule has 7 heteroatoms. The van der Waals surface area contributed by atoms with Crippen molar-refractivity contribution in [2.24, 2.45) is 0 Å². The first kappa shape index (κ1) is 14.9. The summed E-state index contributed by atoms with van der Waals surface area (Å²) in [5.74, 6) is 0.588. The minimum atomic E-state index is -0.154. The first-order valence-corrected chi connectivity index (χ1v) is 7.64. The Labute approximate surface area is 129 Å². The summed E-state index contributed by atoms with van der Waals surface area (Å²) < 4.78 is 10.0. The van der Waals surface area contributed by atoms with E-state index in [-0.39, 0.29) is 5.91 Å². The molecule has 1 heterocycles. The van der Waals surface area contributed by atoms with Crippen LogP contribution >= 0.6 is 27.5 Å². The predicted molar refractivity (Wildman–Crippen MR) is 81.2 cm³/mol. The summed E-state index contributed by atoms with van der Waals surface area (Å²) in [6.45, 7) is 2.34. The number of nitrogens with zero attached hydrogens (tertiary/aromatic N) is 2. The van der Waals surface area contributed by atoms with Gasteiger partial charge >= 0.3 is 0 Å². The fourth-order valence-corrected chi connectivity index (χ4v) is 2.83. The molecule has 0 bridgehead atoms. The van der Waals surface area contributed by atoms with Crippen LogP contribution in [0.1, 0.15) is 27.9 Å². The van der Waals surface area contributed by atoms with Crippen LogP contribution in [0.25, 0.3) is 0 Å². The van der Waals surface area contributed by atoms with Crippen LogP contribution in [0, 0.1) is 0 Å². The second kappa shape index (κ2) is 6.81. The molecule has 20 heavy (non-hydrogen) atoms. The molecule has 0 aliphatic rings. The van der Waals surface area contributed by atoms with E-state index in [4.69, 9.17) is 4.74 Å². The van der Waals surface area contributed by atoms with Gasteiger partial charge in [0, 0.05) is 16.6 Å². The van der Waals surface area contributed by atoms with Gasteiger partial charge in [0.15, 0.2) is 0 Å². The first-order valence-electron chi connectivity index (χ1n) is 6.07. The summed E-state index contributed by atoms with van der Waals surface area (Å²) >= 11 is 4.52. The maximum Gasteiger partial charge on any atom is 0.265 e. The monoisotopic (exact) mass is 355 g/mol. The van der Waals surface area contributed by atoms with E-state index in [0.29, 0.717) is 17.8 Å². The Bertz CT molecular complexity index is 615. The number of nitrogens with one attached hydrogen (secondary N) is 1. The van der Waals surface area contributed by atoms with Crippen molar-refractivity contribution in [3.63, 3.8) is 0 Å². The molecular weight excluding hydrogens is 342 g/mol. The molecule has 2 aromatic rings. The number of aromatic nitrogens is 2. The zero-order chi connectivity index (χ0) is 14.5. The number of carbonyl (C=O) groups is 1. The zero-order valence-corrected chi connectivity index (χ0v) is 13.5. The molecule has 0 aliphatic carbocycles. The normalized spacial score (nSPS) is 10.3. The van der Waals surface area contributed by atoms with E-state index in [2.05, 4.69) is 30.8 Å². The lowest BCUT2D eigenvalue weighted by Gasteiger charge is -2.10. The molecule has 1 aromatic carbocycles. The largest absolute Gasteiger partial charge is 0.496 e. The van der Waals surface area contributed by atoms with Gasteiger partial charge in [0.1, 0.15) is 10.6 Å². The molecule has 0 spiro atoms. The van der Waals surface area contributed by atoms with E-state index in [0.717, 1.165) is 33.0 Å². The highest BCUT2D eigenvalue weighted by molar-refractivity contribution is 9.10. The van der Waals surface area contributed by atoms with Crippen LogP contribution in [0.4, 0.5) is 0 Å². The standard InChI is InChI=1S/C13H14BrN3O2S/c1-3-10-12(20-17-16-10)13(18)15-7-8-6-9(14)4-5-11(8)19-2/h4-6H,3,7H2,1-2H3,(H,15,18).